The monoisotopic (exact) mass is 290 g/mol. The number of carbonyl (C=O) groups excluding carboxylic acids is 1. The van der Waals surface area contributed by atoms with Gasteiger partial charge in [0.1, 0.15) is 16.9 Å². The van der Waals surface area contributed by atoms with Gasteiger partial charge in [-0.3, -0.25) is 4.79 Å². The van der Waals surface area contributed by atoms with Crippen molar-refractivity contribution in [2.24, 2.45) is 0 Å². The summed E-state index contributed by atoms with van der Waals surface area (Å²) in [7, 11) is 1.59. The molecule has 1 aromatic heterocycles. The van der Waals surface area contributed by atoms with Crippen LogP contribution in [0.1, 0.15) is 16.5 Å². The van der Waals surface area contributed by atoms with E-state index in [4.69, 9.17) is 16.3 Å². The van der Waals surface area contributed by atoms with Crippen molar-refractivity contribution in [3.05, 3.63) is 53.7 Å². The SMILES string of the molecule is COc1ccc(C(Cl)C(=O)Nc2cc(C)ccn2)cc1. The Kier molecular flexibility index (Phi) is 4.58. The van der Waals surface area contributed by atoms with Crippen LogP contribution in [0.25, 0.3) is 0 Å². The van der Waals surface area contributed by atoms with Crippen molar-refractivity contribution in [2.45, 2.75) is 12.3 Å². The van der Waals surface area contributed by atoms with E-state index >= 15 is 0 Å². The van der Waals surface area contributed by atoms with E-state index in [2.05, 4.69) is 10.3 Å². The number of alkyl halides is 1. The average Bonchev–Trinajstić information content (AvgIpc) is 2.46. The molecular weight excluding hydrogens is 276 g/mol. The van der Waals surface area contributed by atoms with E-state index in [9.17, 15) is 4.79 Å². The fourth-order valence-electron chi connectivity index (χ4n) is 1.72. The first-order chi connectivity index (χ1) is 9.60. The van der Waals surface area contributed by atoms with Gasteiger partial charge in [0.2, 0.25) is 5.91 Å². The molecule has 5 heteroatoms. The minimum absolute atomic E-state index is 0.310. The second-order valence-corrected chi connectivity index (χ2v) is 4.78. The van der Waals surface area contributed by atoms with Crippen LogP contribution in [0.2, 0.25) is 0 Å². The van der Waals surface area contributed by atoms with Crippen molar-refractivity contribution in [1.82, 2.24) is 4.98 Å². The number of amides is 1. The Morgan fingerprint density at radius 2 is 2.00 bits per heavy atom. The lowest BCUT2D eigenvalue weighted by molar-refractivity contribution is -0.116. The summed E-state index contributed by atoms with van der Waals surface area (Å²) in [6.45, 7) is 1.93. The first kappa shape index (κ1) is 14.3. The fourth-order valence-corrected chi connectivity index (χ4v) is 1.92. The zero-order valence-corrected chi connectivity index (χ0v) is 12.0. The minimum atomic E-state index is -0.775. The zero-order valence-electron chi connectivity index (χ0n) is 11.3. The van der Waals surface area contributed by atoms with Crippen LogP contribution in [0.5, 0.6) is 5.75 Å². The number of rotatable bonds is 4. The Morgan fingerprint density at radius 1 is 1.30 bits per heavy atom. The maximum Gasteiger partial charge on any atom is 0.248 e. The molecule has 4 nitrogen and oxygen atoms in total. The molecule has 1 atom stereocenters. The number of aromatic nitrogens is 1. The third kappa shape index (κ3) is 3.48. The third-order valence-corrected chi connectivity index (χ3v) is 3.26. The van der Waals surface area contributed by atoms with Crippen LogP contribution in [-0.4, -0.2) is 18.0 Å². The Labute approximate surface area is 122 Å². The molecule has 0 aliphatic carbocycles. The Balaban J connectivity index is 2.07. The van der Waals surface area contributed by atoms with E-state index in [0.29, 0.717) is 11.4 Å². The summed E-state index contributed by atoms with van der Waals surface area (Å²) in [6, 6.07) is 10.7. The number of hydrogen-bond donors (Lipinski definition) is 1. The number of anilines is 1. The number of nitrogens with one attached hydrogen (secondary N) is 1. The molecule has 2 rings (SSSR count). The van der Waals surface area contributed by atoms with E-state index in [0.717, 1.165) is 11.3 Å². The van der Waals surface area contributed by atoms with Crippen molar-refractivity contribution in [3.63, 3.8) is 0 Å². The lowest BCUT2D eigenvalue weighted by Gasteiger charge is -2.11. The molecule has 0 aliphatic rings. The number of aryl methyl sites for hydroxylation is 1. The molecule has 20 heavy (non-hydrogen) atoms. The number of methoxy groups -OCH3 is 1. The molecule has 1 aromatic carbocycles. The lowest BCUT2D eigenvalue weighted by atomic mass is 10.1. The second kappa shape index (κ2) is 6.39. The van der Waals surface area contributed by atoms with E-state index in [1.54, 1.807) is 43.6 Å². The van der Waals surface area contributed by atoms with Crippen molar-refractivity contribution in [3.8, 4) is 5.75 Å². The highest BCUT2D eigenvalue weighted by Gasteiger charge is 2.18. The van der Waals surface area contributed by atoms with Crippen molar-refractivity contribution in [1.29, 1.82) is 0 Å². The first-order valence-electron chi connectivity index (χ1n) is 6.11. The fraction of sp³-hybridized carbons (Fsp3) is 0.200. The molecule has 0 saturated heterocycles. The number of carbonyl (C=O) groups is 1. The average molecular weight is 291 g/mol. The lowest BCUT2D eigenvalue weighted by Crippen LogP contribution is -2.18. The number of ether oxygens (including phenoxy) is 1. The Hall–Kier alpha value is -2.07. The molecule has 0 spiro atoms. The van der Waals surface area contributed by atoms with Gasteiger partial charge in [0.15, 0.2) is 0 Å². The number of benzene rings is 1. The van der Waals surface area contributed by atoms with Gasteiger partial charge in [0.05, 0.1) is 7.11 Å². The molecule has 1 heterocycles. The molecule has 0 radical (unpaired) electrons. The van der Waals surface area contributed by atoms with E-state index < -0.39 is 5.38 Å². The van der Waals surface area contributed by atoms with E-state index in [-0.39, 0.29) is 5.91 Å². The molecule has 0 aliphatic heterocycles. The van der Waals surface area contributed by atoms with Crippen LogP contribution in [-0.2, 0) is 4.79 Å². The standard InChI is InChI=1S/C15H15ClN2O2/c1-10-7-8-17-13(9-10)18-15(19)14(16)11-3-5-12(20-2)6-4-11/h3-9,14H,1-2H3,(H,17,18,19). The van der Waals surface area contributed by atoms with Crippen LogP contribution in [0.3, 0.4) is 0 Å². The van der Waals surface area contributed by atoms with Gasteiger partial charge >= 0.3 is 0 Å². The summed E-state index contributed by atoms with van der Waals surface area (Å²) in [5.41, 5.74) is 1.73. The van der Waals surface area contributed by atoms with Crippen molar-refractivity contribution >= 4 is 23.3 Å². The smallest absolute Gasteiger partial charge is 0.248 e. The van der Waals surface area contributed by atoms with Crippen molar-refractivity contribution < 1.29 is 9.53 Å². The molecule has 104 valence electrons. The van der Waals surface area contributed by atoms with Crippen LogP contribution in [0.4, 0.5) is 5.82 Å². The van der Waals surface area contributed by atoms with Gasteiger partial charge in [0.25, 0.3) is 0 Å². The molecular formula is C15H15ClN2O2. The highest BCUT2D eigenvalue weighted by atomic mass is 35.5. The summed E-state index contributed by atoms with van der Waals surface area (Å²) in [5.74, 6) is 0.905. The predicted molar refractivity (Wildman–Crippen MR) is 79.2 cm³/mol. The first-order valence-corrected chi connectivity index (χ1v) is 6.55. The topological polar surface area (TPSA) is 51.2 Å². The Morgan fingerprint density at radius 3 is 2.60 bits per heavy atom. The third-order valence-electron chi connectivity index (χ3n) is 2.81. The van der Waals surface area contributed by atoms with Gasteiger partial charge in [-0.1, -0.05) is 12.1 Å². The Bertz CT molecular complexity index is 599. The van der Waals surface area contributed by atoms with Crippen LogP contribution < -0.4 is 10.1 Å². The summed E-state index contributed by atoms with van der Waals surface area (Å²) >= 11 is 6.16. The molecule has 1 amide bonds. The normalized spacial score (nSPS) is 11.8. The molecule has 0 saturated carbocycles. The van der Waals surface area contributed by atoms with Gasteiger partial charge < -0.3 is 10.1 Å². The summed E-state index contributed by atoms with van der Waals surface area (Å²) in [4.78, 5) is 16.1. The van der Waals surface area contributed by atoms with Crippen LogP contribution in [0.15, 0.2) is 42.6 Å². The van der Waals surface area contributed by atoms with Crippen LogP contribution >= 0.6 is 11.6 Å². The van der Waals surface area contributed by atoms with E-state index in [1.807, 2.05) is 13.0 Å². The summed E-state index contributed by atoms with van der Waals surface area (Å²) in [5, 5.41) is 1.92. The summed E-state index contributed by atoms with van der Waals surface area (Å²) < 4.78 is 5.06. The number of nitrogens with zero attached hydrogens (tertiary/aromatic N) is 1. The maximum absolute atomic E-state index is 12.1. The summed E-state index contributed by atoms with van der Waals surface area (Å²) in [6.07, 6.45) is 1.64. The molecule has 2 aromatic rings. The van der Waals surface area contributed by atoms with Gasteiger partial charge in [-0.15, -0.1) is 11.6 Å². The maximum atomic E-state index is 12.1. The quantitative estimate of drug-likeness (QED) is 0.879. The predicted octanol–water partition coefficient (Wildman–Crippen LogP) is 3.32. The van der Waals surface area contributed by atoms with Gasteiger partial charge in [-0.2, -0.15) is 0 Å². The van der Waals surface area contributed by atoms with Gasteiger partial charge in [0, 0.05) is 6.20 Å². The molecule has 1 unspecified atom stereocenters. The zero-order chi connectivity index (χ0) is 14.5. The molecule has 0 bridgehead atoms. The molecule has 0 fully saturated rings. The number of halogens is 1. The highest BCUT2D eigenvalue weighted by molar-refractivity contribution is 6.32. The number of pyridine rings is 1. The highest BCUT2D eigenvalue weighted by Crippen LogP contribution is 2.24. The molecule has 1 N–H and O–H groups in total. The minimum Gasteiger partial charge on any atom is -0.497 e. The van der Waals surface area contributed by atoms with E-state index in [1.165, 1.54) is 0 Å². The van der Waals surface area contributed by atoms with Crippen molar-refractivity contribution in [2.75, 3.05) is 12.4 Å². The second-order valence-electron chi connectivity index (χ2n) is 4.34. The van der Waals surface area contributed by atoms with Crippen LogP contribution in [0, 0.1) is 6.92 Å². The van der Waals surface area contributed by atoms with Gasteiger partial charge in [-0.05, 0) is 42.3 Å². The largest absolute Gasteiger partial charge is 0.497 e. The van der Waals surface area contributed by atoms with Gasteiger partial charge in [-0.25, -0.2) is 4.98 Å². The number of hydrogen-bond acceptors (Lipinski definition) is 3.